The lowest BCUT2D eigenvalue weighted by atomic mass is 9.96. The van der Waals surface area contributed by atoms with Crippen LogP contribution in [0.3, 0.4) is 0 Å². The maximum atomic E-state index is 4.30. The number of aromatic nitrogens is 6. The molecule has 0 amide bonds. The molecule has 2 aromatic heterocycles. The second kappa shape index (κ2) is 4.01. The van der Waals surface area contributed by atoms with E-state index in [1.807, 2.05) is 6.07 Å². The second-order valence-corrected chi connectivity index (χ2v) is 4.78. The van der Waals surface area contributed by atoms with E-state index >= 15 is 0 Å². The third-order valence-corrected chi connectivity index (χ3v) is 3.68. The zero-order valence-corrected chi connectivity index (χ0v) is 10.2. The zero-order chi connectivity index (χ0) is 12.7. The lowest BCUT2D eigenvalue weighted by molar-refractivity contribution is 0.724. The van der Waals surface area contributed by atoms with Gasteiger partial charge in [-0.1, -0.05) is 30.3 Å². The van der Waals surface area contributed by atoms with E-state index in [0.29, 0.717) is 11.7 Å². The van der Waals surface area contributed by atoms with Crippen molar-refractivity contribution >= 4 is 0 Å². The van der Waals surface area contributed by atoms with E-state index in [0.717, 1.165) is 18.5 Å². The van der Waals surface area contributed by atoms with E-state index in [9.17, 15) is 0 Å². The van der Waals surface area contributed by atoms with Crippen LogP contribution in [-0.2, 0) is 12.8 Å². The monoisotopic (exact) mass is 252 g/mol. The fraction of sp³-hybridized carbons (Fsp3) is 0.231. The fourth-order valence-electron chi connectivity index (χ4n) is 2.76. The molecule has 1 atom stereocenters. The minimum Gasteiger partial charge on any atom is -0.282 e. The third-order valence-electron chi connectivity index (χ3n) is 3.68. The molecule has 2 N–H and O–H groups in total. The van der Waals surface area contributed by atoms with Crippen molar-refractivity contribution in [2.75, 3.05) is 0 Å². The lowest BCUT2D eigenvalue weighted by Crippen LogP contribution is -1.99. The Balaban J connectivity index is 1.69. The largest absolute Gasteiger partial charge is 0.282 e. The number of H-pyrrole nitrogens is 2. The molecule has 1 aliphatic rings. The Labute approximate surface area is 109 Å². The van der Waals surface area contributed by atoms with Gasteiger partial charge in [0.15, 0.2) is 0 Å². The molecule has 0 aliphatic heterocycles. The van der Waals surface area contributed by atoms with Crippen molar-refractivity contribution in [2.45, 2.75) is 18.8 Å². The maximum Gasteiger partial charge on any atom is 0.225 e. The molecule has 3 aromatic rings. The van der Waals surface area contributed by atoms with Crippen LogP contribution in [0.25, 0.3) is 11.5 Å². The summed E-state index contributed by atoms with van der Waals surface area (Å²) in [6.07, 6.45) is 1.96. The van der Waals surface area contributed by atoms with Crippen molar-refractivity contribution in [1.82, 2.24) is 30.8 Å². The number of tetrazole rings is 1. The molecule has 6 nitrogen and oxygen atoms in total. The topological polar surface area (TPSA) is 83.1 Å². The molecule has 0 bridgehead atoms. The number of rotatable bonds is 2. The molecule has 0 saturated heterocycles. The van der Waals surface area contributed by atoms with Gasteiger partial charge in [0.1, 0.15) is 5.69 Å². The van der Waals surface area contributed by atoms with Crippen LogP contribution < -0.4 is 0 Å². The number of hydrogen-bond acceptors (Lipinski definition) is 4. The molecule has 4 rings (SSSR count). The predicted molar refractivity (Wildman–Crippen MR) is 68.4 cm³/mol. The standard InChI is InChI=1S/C13H12N6/c1-2-4-8(5-3-1)9-6-10-11(7-9)14-15-12(10)13-16-18-19-17-13/h1-5,9H,6-7H2,(H,14,15)(H,16,17,18,19). The first-order chi connectivity index (χ1) is 9.42. The molecule has 1 aliphatic carbocycles. The van der Waals surface area contributed by atoms with Crippen LogP contribution in [0.2, 0.25) is 0 Å². The summed E-state index contributed by atoms with van der Waals surface area (Å²) in [5.41, 5.74) is 4.59. The van der Waals surface area contributed by atoms with Gasteiger partial charge in [0.2, 0.25) is 5.82 Å². The van der Waals surface area contributed by atoms with Crippen LogP contribution in [0.5, 0.6) is 0 Å². The van der Waals surface area contributed by atoms with Crippen LogP contribution >= 0.6 is 0 Å². The lowest BCUT2D eigenvalue weighted by Gasteiger charge is -2.08. The van der Waals surface area contributed by atoms with Gasteiger partial charge in [-0.3, -0.25) is 5.10 Å². The van der Waals surface area contributed by atoms with Crippen molar-refractivity contribution in [3.05, 3.63) is 47.2 Å². The van der Waals surface area contributed by atoms with Crippen LogP contribution in [0.1, 0.15) is 22.7 Å². The quantitative estimate of drug-likeness (QED) is 0.723. The first-order valence-corrected chi connectivity index (χ1v) is 6.26. The summed E-state index contributed by atoms with van der Waals surface area (Å²) in [6.45, 7) is 0. The predicted octanol–water partition coefficient (Wildman–Crippen LogP) is 1.47. The Morgan fingerprint density at radius 2 is 1.95 bits per heavy atom. The summed E-state index contributed by atoms with van der Waals surface area (Å²) >= 11 is 0. The molecule has 0 fully saturated rings. The van der Waals surface area contributed by atoms with Crippen molar-refractivity contribution in [2.24, 2.45) is 0 Å². The molecular weight excluding hydrogens is 240 g/mol. The molecule has 0 radical (unpaired) electrons. The molecule has 0 spiro atoms. The van der Waals surface area contributed by atoms with Gasteiger partial charge in [-0.2, -0.15) is 10.3 Å². The van der Waals surface area contributed by atoms with Gasteiger partial charge in [0.25, 0.3) is 0 Å². The normalized spacial score (nSPS) is 17.6. The number of benzene rings is 1. The van der Waals surface area contributed by atoms with Gasteiger partial charge in [-0.15, -0.1) is 10.2 Å². The minimum absolute atomic E-state index is 0.510. The highest BCUT2D eigenvalue weighted by Crippen LogP contribution is 2.36. The summed E-state index contributed by atoms with van der Waals surface area (Å²) in [6, 6.07) is 10.6. The van der Waals surface area contributed by atoms with Crippen LogP contribution in [0, 0.1) is 0 Å². The van der Waals surface area contributed by atoms with Crippen LogP contribution in [-0.4, -0.2) is 30.8 Å². The Morgan fingerprint density at radius 1 is 1.05 bits per heavy atom. The Kier molecular flexibility index (Phi) is 2.20. The highest BCUT2D eigenvalue weighted by Gasteiger charge is 2.29. The molecule has 2 heterocycles. The van der Waals surface area contributed by atoms with Crippen molar-refractivity contribution in [1.29, 1.82) is 0 Å². The molecule has 19 heavy (non-hydrogen) atoms. The molecule has 0 saturated carbocycles. The highest BCUT2D eigenvalue weighted by molar-refractivity contribution is 5.57. The summed E-state index contributed by atoms with van der Waals surface area (Å²) in [5.74, 6) is 1.07. The van der Waals surface area contributed by atoms with Gasteiger partial charge in [0.05, 0.1) is 0 Å². The van der Waals surface area contributed by atoms with E-state index in [1.165, 1.54) is 16.8 Å². The SMILES string of the molecule is c1ccc(C2Cc3[nH]nc(-c4nn[nH]n4)c3C2)cc1. The number of aromatic amines is 2. The van der Waals surface area contributed by atoms with E-state index in [1.54, 1.807) is 0 Å². The molecule has 1 aromatic carbocycles. The summed E-state index contributed by atoms with van der Waals surface area (Å²) in [5, 5.41) is 21.5. The third kappa shape index (κ3) is 1.64. The molecule has 1 unspecified atom stereocenters. The first-order valence-electron chi connectivity index (χ1n) is 6.26. The van der Waals surface area contributed by atoms with Gasteiger partial charge < -0.3 is 0 Å². The molecular formula is C13H12N6. The summed E-state index contributed by atoms with van der Waals surface area (Å²) in [7, 11) is 0. The first kappa shape index (κ1) is 10.4. The summed E-state index contributed by atoms with van der Waals surface area (Å²) in [4.78, 5) is 0. The average Bonchev–Trinajstić information content (AvgIpc) is 3.15. The molecule has 94 valence electrons. The average molecular weight is 252 g/mol. The highest BCUT2D eigenvalue weighted by atomic mass is 15.5. The Hall–Kier alpha value is -2.50. The number of fused-ring (bicyclic) bond motifs is 1. The van der Waals surface area contributed by atoms with Gasteiger partial charge in [-0.25, -0.2) is 0 Å². The summed E-state index contributed by atoms with van der Waals surface area (Å²) < 4.78 is 0. The van der Waals surface area contributed by atoms with Gasteiger partial charge in [0, 0.05) is 11.3 Å². The second-order valence-electron chi connectivity index (χ2n) is 4.78. The number of hydrogen-bond donors (Lipinski definition) is 2. The smallest absolute Gasteiger partial charge is 0.225 e. The number of nitrogens with one attached hydrogen (secondary N) is 2. The number of nitrogens with zero attached hydrogens (tertiary/aromatic N) is 4. The molecule has 6 heteroatoms. The van der Waals surface area contributed by atoms with E-state index < -0.39 is 0 Å². The maximum absolute atomic E-state index is 4.30. The Morgan fingerprint density at radius 3 is 2.74 bits per heavy atom. The van der Waals surface area contributed by atoms with E-state index in [4.69, 9.17) is 0 Å². The van der Waals surface area contributed by atoms with E-state index in [2.05, 4.69) is 55.1 Å². The minimum atomic E-state index is 0.510. The van der Waals surface area contributed by atoms with Gasteiger partial charge in [-0.05, 0) is 29.5 Å². The fourth-order valence-corrected chi connectivity index (χ4v) is 2.76. The van der Waals surface area contributed by atoms with E-state index in [-0.39, 0.29) is 0 Å². The zero-order valence-electron chi connectivity index (χ0n) is 10.2. The van der Waals surface area contributed by atoms with Crippen molar-refractivity contribution < 1.29 is 0 Å². The van der Waals surface area contributed by atoms with Gasteiger partial charge >= 0.3 is 0 Å². The Bertz CT molecular complexity index is 685. The van der Waals surface area contributed by atoms with Crippen LogP contribution in [0.4, 0.5) is 0 Å². The van der Waals surface area contributed by atoms with Crippen LogP contribution in [0.15, 0.2) is 30.3 Å². The van der Waals surface area contributed by atoms with Crippen molar-refractivity contribution in [3.63, 3.8) is 0 Å². The van der Waals surface area contributed by atoms with Crippen molar-refractivity contribution in [3.8, 4) is 11.5 Å².